The summed E-state index contributed by atoms with van der Waals surface area (Å²) in [6.07, 6.45) is 2.04. The molecule has 0 bridgehead atoms. The molecule has 0 radical (unpaired) electrons. The molecule has 0 spiro atoms. The molecular weight excluding hydrogens is 404 g/mol. The van der Waals surface area contributed by atoms with Crippen molar-refractivity contribution in [2.75, 3.05) is 24.8 Å². The van der Waals surface area contributed by atoms with Gasteiger partial charge in [-0.25, -0.2) is 0 Å². The van der Waals surface area contributed by atoms with E-state index in [0.717, 1.165) is 10.5 Å². The van der Waals surface area contributed by atoms with Crippen molar-refractivity contribution < 1.29 is 9.47 Å². The molecule has 2 heterocycles. The number of methoxy groups -OCH3 is 1. The SMILES string of the molecule is COc1ccc2c(c1)C(Sc1ccc(SC)cc1)c1c(nc(N)c(C#N)c1N)O2. The quantitative estimate of drug-likeness (QED) is 0.575. The topological polar surface area (TPSA) is 107 Å². The van der Waals surface area contributed by atoms with E-state index in [4.69, 9.17) is 20.9 Å². The number of hydrogen-bond acceptors (Lipinski definition) is 8. The molecule has 1 unspecified atom stereocenters. The summed E-state index contributed by atoms with van der Waals surface area (Å²) in [6, 6.07) is 15.9. The highest BCUT2D eigenvalue weighted by Crippen LogP contribution is 2.54. The number of anilines is 2. The normalized spacial score (nSPS) is 14.3. The fourth-order valence-electron chi connectivity index (χ4n) is 3.19. The van der Waals surface area contributed by atoms with Crippen LogP contribution in [-0.4, -0.2) is 18.3 Å². The second kappa shape index (κ2) is 7.78. The van der Waals surface area contributed by atoms with Crippen molar-refractivity contribution in [3.8, 4) is 23.4 Å². The Balaban J connectivity index is 1.88. The number of nitrogens with zero attached hydrogens (tertiary/aromatic N) is 2. The van der Waals surface area contributed by atoms with Crippen molar-refractivity contribution in [1.82, 2.24) is 4.98 Å². The van der Waals surface area contributed by atoms with Crippen LogP contribution in [0.15, 0.2) is 52.3 Å². The third kappa shape index (κ3) is 3.43. The number of benzene rings is 2. The minimum absolute atomic E-state index is 0.0637. The first-order chi connectivity index (χ1) is 14.0. The molecule has 6 nitrogen and oxygen atoms in total. The van der Waals surface area contributed by atoms with Gasteiger partial charge in [0.15, 0.2) is 0 Å². The first-order valence-electron chi connectivity index (χ1n) is 8.71. The summed E-state index contributed by atoms with van der Waals surface area (Å²) in [7, 11) is 1.62. The molecule has 2 aromatic carbocycles. The van der Waals surface area contributed by atoms with Gasteiger partial charge in [-0.15, -0.1) is 23.5 Å². The number of nitrogens with two attached hydrogens (primary N) is 2. The van der Waals surface area contributed by atoms with Gasteiger partial charge in [-0.2, -0.15) is 10.2 Å². The zero-order chi connectivity index (χ0) is 20.5. The summed E-state index contributed by atoms with van der Waals surface area (Å²) in [5, 5.41) is 9.26. The first-order valence-corrected chi connectivity index (χ1v) is 10.8. The van der Waals surface area contributed by atoms with E-state index in [1.807, 2.05) is 24.5 Å². The van der Waals surface area contributed by atoms with Gasteiger partial charge in [0.1, 0.15) is 28.9 Å². The van der Waals surface area contributed by atoms with Gasteiger partial charge in [0.05, 0.1) is 23.6 Å². The minimum atomic E-state index is -0.232. The van der Waals surface area contributed by atoms with E-state index in [0.29, 0.717) is 28.6 Å². The predicted octanol–water partition coefficient (Wildman–Crippen LogP) is 4.84. The van der Waals surface area contributed by atoms with Gasteiger partial charge < -0.3 is 20.9 Å². The van der Waals surface area contributed by atoms with Crippen molar-refractivity contribution in [1.29, 1.82) is 5.26 Å². The number of aromatic nitrogens is 1. The summed E-state index contributed by atoms with van der Waals surface area (Å²) in [5.41, 5.74) is 14.3. The Morgan fingerprint density at radius 2 is 1.86 bits per heavy atom. The molecule has 4 N–H and O–H groups in total. The Bertz CT molecular complexity index is 1130. The average molecular weight is 423 g/mol. The molecule has 1 aliphatic rings. The molecule has 3 aromatic rings. The number of thioether (sulfide) groups is 2. The predicted molar refractivity (Wildman–Crippen MR) is 117 cm³/mol. The third-order valence-corrected chi connectivity index (χ3v) is 6.67. The molecular formula is C21H18N4O2S2. The fraction of sp³-hybridized carbons (Fsp3) is 0.143. The Morgan fingerprint density at radius 1 is 1.14 bits per heavy atom. The minimum Gasteiger partial charge on any atom is -0.497 e. The van der Waals surface area contributed by atoms with Gasteiger partial charge >= 0.3 is 0 Å². The van der Waals surface area contributed by atoms with E-state index in [9.17, 15) is 5.26 Å². The highest BCUT2D eigenvalue weighted by atomic mass is 32.2. The Labute approximate surface area is 177 Å². The number of ether oxygens (including phenoxy) is 2. The third-order valence-electron chi connectivity index (χ3n) is 4.66. The van der Waals surface area contributed by atoms with Crippen LogP contribution in [0.25, 0.3) is 0 Å². The number of nitriles is 1. The standard InChI is InChI=1S/C21H18N4O2S2/c1-26-11-3-8-16-14(9-11)19(29-13-6-4-12(28-2)5-7-13)17-18(23)15(10-22)20(24)25-21(17)27-16/h3-9,19H,1-2H3,(H4,23,24,25). The van der Waals surface area contributed by atoms with Crippen LogP contribution in [0.4, 0.5) is 11.5 Å². The van der Waals surface area contributed by atoms with Crippen LogP contribution in [-0.2, 0) is 0 Å². The van der Waals surface area contributed by atoms with Crippen molar-refractivity contribution in [2.24, 2.45) is 0 Å². The lowest BCUT2D eigenvalue weighted by Gasteiger charge is -2.29. The highest BCUT2D eigenvalue weighted by Gasteiger charge is 2.34. The van der Waals surface area contributed by atoms with Gasteiger partial charge in [-0.3, -0.25) is 0 Å². The first kappa shape index (κ1) is 19.3. The van der Waals surface area contributed by atoms with Crippen LogP contribution >= 0.6 is 23.5 Å². The van der Waals surface area contributed by atoms with Gasteiger partial charge in [-0.1, -0.05) is 0 Å². The van der Waals surface area contributed by atoms with E-state index in [-0.39, 0.29) is 16.6 Å². The molecule has 0 fully saturated rings. The number of pyridine rings is 1. The summed E-state index contributed by atoms with van der Waals surface area (Å²) in [6.45, 7) is 0. The molecule has 29 heavy (non-hydrogen) atoms. The van der Waals surface area contributed by atoms with Crippen LogP contribution in [0.3, 0.4) is 0 Å². The van der Waals surface area contributed by atoms with Crippen LogP contribution < -0.4 is 20.9 Å². The molecule has 146 valence electrons. The molecule has 4 rings (SSSR count). The van der Waals surface area contributed by atoms with Gasteiger partial charge in [-0.05, 0) is 48.7 Å². The van der Waals surface area contributed by atoms with Crippen molar-refractivity contribution >= 4 is 35.0 Å². The highest BCUT2D eigenvalue weighted by molar-refractivity contribution is 8.00. The van der Waals surface area contributed by atoms with Crippen molar-refractivity contribution in [2.45, 2.75) is 15.0 Å². The van der Waals surface area contributed by atoms with Crippen LogP contribution in [0.2, 0.25) is 0 Å². The van der Waals surface area contributed by atoms with Gasteiger partial charge in [0.25, 0.3) is 0 Å². The van der Waals surface area contributed by atoms with E-state index in [1.165, 1.54) is 4.90 Å². The summed E-state index contributed by atoms with van der Waals surface area (Å²) in [4.78, 5) is 6.56. The monoisotopic (exact) mass is 422 g/mol. The van der Waals surface area contributed by atoms with E-state index in [2.05, 4.69) is 35.3 Å². The second-order valence-corrected chi connectivity index (χ2v) is 8.35. The van der Waals surface area contributed by atoms with E-state index in [1.54, 1.807) is 30.6 Å². The van der Waals surface area contributed by atoms with Crippen LogP contribution in [0.1, 0.15) is 21.9 Å². The van der Waals surface area contributed by atoms with Gasteiger partial charge in [0, 0.05) is 15.4 Å². The molecule has 0 saturated carbocycles. The molecule has 1 aromatic heterocycles. The molecule has 8 heteroatoms. The average Bonchev–Trinajstić information content (AvgIpc) is 2.74. The van der Waals surface area contributed by atoms with Gasteiger partial charge in [0.2, 0.25) is 5.88 Å². The second-order valence-electron chi connectivity index (χ2n) is 6.30. The lowest BCUT2D eigenvalue weighted by atomic mass is 9.98. The lowest BCUT2D eigenvalue weighted by molar-refractivity contribution is 0.408. The Morgan fingerprint density at radius 3 is 2.52 bits per heavy atom. The number of nitrogen functional groups attached to an aromatic ring is 2. The Kier molecular flexibility index (Phi) is 5.18. The maximum atomic E-state index is 9.49. The van der Waals surface area contributed by atoms with E-state index >= 15 is 0 Å². The summed E-state index contributed by atoms with van der Waals surface area (Å²) < 4.78 is 11.4. The van der Waals surface area contributed by atoms with Crippen molar-refractivity contribution in [3.63, 3.8) is 0 Å². The maximum absolute atomic E-state index is 9.49. The van der Waals surface area contributed by atoms with E-state index < -0.39 is 0 Å². The summed E-state index contributed by atoms with van der Waals surface area (Å²) in [5.74, 6) is 1.76. The zero-order valence-corrected chi connectivity index (χ0v) is 17.4. The number of hydrogen-bond donors (Lipinski definition) is 2. The largest absolute Gasteiger partial charge is 0.497 e. The van der Waals surface area contributed by atoms with Crippen molar-refractivity contribution in [3.05, 3.63) is 59.2 Å². The maximum Gasteiger partial charge on any atom is 0.228 e. The smallest absolute Gasteiger partial charge is 0.228 e. The Hall–Kier alpha value is -3.02. The van der Waals surface area contributed by atoms with Crippen LogP contribution in [0.5, 0.6) is 17.4 Å². The number of rotatable bonds is 4. The van der Waals surface area contributed by atoms with Crippen LogP contribution in [0, 0.1) is 11.3 Å². The molecule has 0 amide bonds. The molecule has 1 aliphatic heterocycles. The molecule has 1 atom stereocenters. The number of fused-ring (bicyclic) bond motifs is 2. The fourth-order valence-corrected chi connectivity index (χ4v) is 4.82. The zero-order valence-electron chi connectivity index (χ0n) is 15.8. The molecule has 0 aliphatic carbocycles. The lowest BCUT2D eigenvalue weighted by Crippen LogP contribution is -2.15. The molecule has 0 saturated heterocycles. The summed E-state index contributed by atoms with van der Waals surface area (Å²) >= 11 is 3.30.